The Labute approximate surface area is 94.5 Å². The number of alkyl halides is 3. The van der Waals surface area contributed by atoms with Crippen LogP contribution in [0.1, 0.15) is 17.4 Å². The van der Waals surface area contributed by atoms with E-state index < -0.39 is 18.0 Å². The quantitative estimate of drug-likeness (QED) is 0.737. The van der Waals surface area contributed by atoms with Crippen molar-refractivity contribution >= 4 is 11.6 Å². The predicted octanol–water partition coefficient (Wildman–Crippen LogP) is 1.43. The lowest BCUT2D eigenvalue weighted by Gasteiger charge is -2.14. The molecule has 0 bridgehead atoms. The van der Waals surface area contributed by atoms with Crippen molar-refractivity contribution in [1.82, 2.24) is 5.32 Å². The summed E-state index contributed by atoms with van der Waals surface area (Å²) in [5.41, 5.74) is 4.19. The molecular weight excluding hydrogens is 237 g/mol. The van der Waals surface area contributed by atoms with Crippen LogP contribution in [0.4, 0.5) is 18.9 Å². The van der Waals surface area contributed by atoms with E-state index in [2.05, 4.69) is 5.32 Å². The second-order valence-electron chi connectivity index (χ2n) is 3.60. The molecule has 1 aliphatic heterocycles. The summed E-state index contributed by atoms with van der Waals surface area (Å²) in [5, 5.41) is 2.40. The van der Waals surface area contributed by atoms with Gasteiger partial charge in [0, 0.05) is 11.3 Å². The summed E-state index contributed by atoms with van der Waals surface area (Å²) in [4.78, 5) is 10.9. The number of nitrogen functional groups attached to an aromatic ring is 1. The lowest BCUT2D eigenvalue weighted by molar-refractivity contribution is -0.137. The van der Waals surface area contributed by atoms with Gasteiger partial charge >= 0.3 is 6.18 Å². The largest absolute Gasteiger partial charge is 0.418 e. The van der Waals surface area contributed by atoms with Crippen molar-refractivity contribution in [1.29, 1.82) is 0 Å². The van der Waals surface area contributed by atoms with E-state index in [1.807, 2.05) is 0 Å². The number of anilines is 1. The van der Waals surface area contributed by atoms with Crippen LogP contribution in [-0.2, 0) is 15.7 Å². The molecular formula is C10H9F3N2O2. The number of nitrogens with one attached hydrogen (secondary N) is 1. The Morgan fingerprint density at radius 3 is 2.65 bits per heavy atom. The van der Waals surface area contributed by atoms with E-state index in [1.165, 1.54) is 6.07 Å². The molecule has 0 saturated carbocycles. The molecule has 1 heterocycles. The summed E-state index contributed by atoms with van der Waals surface area (Å²) < 4.78 is 42.7. The summed E-state index contributed by atoms with van der Waals surface area (Å²) in [7, 11) is 0. The Balaban J connectivity index is 2.34. The molecule has 1 saturated heterocycles. The van der Waals surface area contributed by atoms with Gasteiger partial charge in [0.1, 0.15) is 6.61 Å². The normalized spacial score (nSPS) is 20.4. The van der Waals surface area contributed by atoms with Crippen LogP contribution in [0.2, 0.25) is 0 Å². The van der Waals surface area contributed by atoms with Crippen molar-refractivity contribution in [2.75, 3.05) is 12.3 Å². The number of hydrogen-bond acceptors (Lipinski definition) is 3. The molecule has 2 rings (SSSR count). The monoisotopic (exact) mass is 246 g/mol. The van der Waals surface area contributed by atoms with Gasteiger partial charge in [0.25, 0.3) is 0 Å². The van der Waals surface area contributed by atoms with Gasteiger partial charge in [-0.3, -0.25) is 4.79 Å². The Morgan fingerprint density at radius 2 is 2.12 bits per heavy atom. The minimum absolute atomic E-state index is 0.156. The zero-order valence-electron chi connectivity index (χ0n) is 8.54. The van der Waals surface area contributed by atoms with Crippen molar-refractivity contribution < 1.29 is 22.7 Å². The van der Waals surface area contributed by atoms with Crippen molar-refractivity contribution in [3.8, 4) is 0 Å². The molecule has 3 N–H and O–H groups in total. The fourth-order valence-corrected chi connectivity index (χ4v) is 1.55. The summed E-state index contributed by atoms with van der Waals surface area (Å²) in [6.45, 7) is -0.156. The first-order chi connectivity index (χ1) is 7.88. The molecule has 0 aromatic heterocycles. The number of ether oxygens (including phenoxy) is 1. The molecule has 1 aliphatic rings. The van der Waals surface area contributed by atoms with Gasteiger partial charge in [0.05, 0.1) is 5.56 Å². The first-order valence-electron chi connectivity index (χ1n) is 4.75. The minimum Gasteiger partial charge on any atom is -0.398 e. The van der Waals surface area contributed by atoms with Crippen molar-refractivity contribution in [3.05, 3.63) is 29.3 Å². The van der Waals surface area contributed by atoms with E-state index in [0.717, 1.165) is 12.1 Å². The first kappa shape index (κ1) is 11.7. The van der Waals surface area contributed by atoms with Gasteiger partial charge < -0.3 is 15.8 Å². The predicted molar refractivity (Wildman–Crippen MR) is 52.7 cm³/mol. The fourth-order valence-electron chi connectivity index (χ4n) is 1.55. The van der Waals surface area contributed by atoms with Gasteiger partial charge in [0.2, 0.25) is 5.91 Å². The highest BCUT2D eigenvalue weighted by Gasteiger charge is 2.34. The van der Waals surface area contributed by atoms with Gasteiger partial charge in [-0.2, -0.15) is 13.2 Å². The molecule has 1 fully saturated rings. The van der Waals surface area contributed by atoms with Crippen LogP contribution in [0.5, 0.6) is 0 Å². The first-order valence-corrected chi connectivity index (χ1v) is 4.75. The van der Waals surface area contributed by atoms with Gasteiger partial charge in [-0.05, 0) is 12.1 Å². The summed E-state index contributed by atoms with van der Waals surface area (Å²) in [6, 6.07) is 3.42. The van der Waals surface area contributed by atoms with Crippen LogP contribution in [0.15, 0.2) is 18.2 Å². The smallest absolute Gasteiger partial charge is 0.398 e. The van der Waals surface area contributed by atoms with E-state index in [9.17, 15) is 18.0 Å². The zero-order chi connectivity index (χ0) is 12.6. The number of halogens is 3. The molecule has 0 spiro atoms. The molecule has 1 aromatic carbocycles. The average Bonchev–Trinajstić information content (AvgIpc) is 2.64. The highest BCUT2D eigenvalue weighted by atomic mass is 19.4. The Hall–Kier alpha value is -1.76. The molecule has 17 heavy (non-hydrogen) atoms. The summed E-state index contributed by atoms with van der Waals surface area (Å²) in [6.07, 6.45) is -5.37. The molecule has 1 amide bonds. The number of amides is 1. The van der Waals surface area contributed by atoms with E-state index in [4.69, 9.17) is 10.5 Å². The van der Waals surface area contributed by atoms with E-state index in [1.54, 1.807) is 0 Å². The number of nitrogens with two attached hydrogens (primary N) is 1. The third kappa shape index (κ3) is 2.33. The zero-order valence-corrected chi connectivity index (χ0v) is 8.54. The van der Waals surface area contributed by atoms with Crippen LogP contribution < -0.4 is 11.1 Å². The van der Waals surface area contributed by atoms with E-state index >= 15 is 0 Å². The summed E-state index contributed by atoms with van der Waals surface area (Å²) in [5.74, 6) is -0.361. The molecule has 0 aliphatic carbocycles. The van der Waals surface area contributed by atoms with E-state index in [0.29, 0.717) is 0 Å². The standard InChI is InChI=1S/C10H9F3N2O2/c11-10(12,13)6-3-5(1-2-7(6)14)9-15-8(16)4-17-9/h1-3,9H,4,14H2,(H,15,16). The van der Waals surface area contributed by atoms with Crippen LogP contribution in [0.3, 0.4) is 0 Å². The average molecular weight is 246 g/mol. The third-order valence-electron chi connectivity index (χ3n) is 2.36. The Bertz CT molecular complexity index is 459. The van der Waals surface area contributed by atoms with Crippen LogP contribution >= 0.6 is 0 Å². The van der Waals surface area contributed by atoms with Gasteiger partial charge in [-0.15, -0.1) is 0 Å². The molecule has 0 radical (unpaired) electrons. The number of carbonyl (C=O) groups excluding carboxylic acids is 1. The number of carbonyl (C=O) groups is 1. The molecule has 1 atom stereocenters. The van der Waals surface area contributed by atoms with Crippen LogP contribution in [0, 0.1) is 0 Å². The minimum atomic E-state index is -4.53. The van der Waals surface area contributed by atoms with Crippen molar-refractivity contribution in [2.45, 2.75) is 12.4 Å². The lowest BCUT2D eigenvalue weighted by Crippen LogP contribution is -2.20. The van der Waals surface area contributed by atoms with E-state index in [-0.39, 0.29) is 23.8 Å². The highest BCUT2D eigenvalue weighted by molar-refractivity contribution is 5.79. The maximum atomic E-state index is 12.6. The maximum absolute atomic E-state index is 12.6. The maximum Gasteiger partial charge on any atom is 0.418 e. The van der Waals surface area contributed by atoms with Gasteiger partial charge in [0.15, 0.2) is 6.23 Å². The van der Waals surface area contributed by atoms with Crippen molar-refractivity contribution in [3.63, 3.8) is 0 Å². The molecule has 92 valence electrons. The second-order valence-corrected chi connectivity index (χ2v) is 3.60. The molecule has 1 unspecified atom stereocenters. The topological polar surface area (TPSA) is 64.3 Å². The highest BCUT2D eigenvalue weighted by Crippen LogP contribution is 2.35. The van der Waals surface area contributed by atoms with Crippen LogP contribution in [0.25, 0.3) is 0 Å². The number of benzene rings is 1. The number of hydrogen-bond donors (Lipinski definition) is 2. The third-order valence-corrected chi connectivity index (χ3v) is 2.36. The molecule has 4 nitrogen and oxygen atoms in total. The van der Waals surface area contributed by atoms with Crippen molar-refractivity contribution in [2.24, 2.45) is 0 Å². The Kier molecular flexibility index (Phi) is 2.70. The summed E-state index contributed by atoms with van der Waals surface area (Å²) >= 11 is 0. The molecule has 1 aromatic rings. The lowest BCUT2D eigenvalue weighted by atomic mass is 10.1. The SMILES string of the molecule is Nc1ccc(C2NC(=O)CO2)cc1C(F)(F)F. The fraction of sp³-hybridized carbons (Fsp3) is 0.300. The molecule has 7 heteroatoms. The second kappa shape index (κ2) is 3.92. The van der Waals surface area contributed by atoms with Gasteiger partial charge in [-0.1, -0.05) is 6.07 Å². The Morgan fingerprint density at radius 1 is 1.41 bits per heavy atom. The van der Waals surface area contributed by atoms with Crippen LogP contribution in [-0.4, -0.2) is 12.5 Å². The number of rotatable bonds is 1. The van der Waals surface area contributed by atoms with Gasteiger partial charge in [-0.25, -0.2) is 0 Å².